The summed E-state index contributed by atoms with van der Waals surface area (Å²) in [6, 6.07) is 13.0. The Morgan fingerprint density at radius 3 is 2.55 bits per heavy atom. The molecule has 0 aliphatic carbocycles. The van der Waals surface area contributed by atoms with Crippen molar-refractivity contribution in [3.8, 4) is 26.9 Å². The average molecular weight is 406 g/mol. The number of benzene rings is 2. The molecule has 146 valence electrons. The Hall–Kier alpha value is -3.32. The van der Waals surface area contributed by atoms with Crippen molar-refractivity contribution in [1.29, 1.82) is 0 Å². The van der Waals surface area contributed by atoms with Crippen LogP contribution in [0.2, 0.25) is 0 Å². The van der Waals surface area contributed by atoms with E-state index in [0.717, 1.165) is 16.1 Å². The van der Waals surface area contributed by atoms with Crippen LogP contribution in [-0.4, -0.2) is 16.2 Å². The van der Waals surface area contributed by atoms with Crippen LogP contribution >= 0.6 is 11.3 Å². The van der Waals surface area contributed by atoms with Gasteiger partial charge in [-0.15, -0.1) is 10.2 Å². The number of aromatic nitrogens is 2. The standard InChI is InChI=1S/C22H18N2O4S/c1-4-14-10-16-18(11-17(14)28-13(3)25)27-12(2)19(20(16)26)22-24-23-21(29-22)15-8-6-5-7-9-15/h5-11H,4H2,1-3H3. The summed E-state index contributed by atoms with van der Waals surface area (Å²) in [5.41, 5.74) is 2.30. The van der Waals surface area contributed by atoms with Crippen LogP contribution in [-0.2, 0) is 11.2 Å². The number of ether oxygens (including phenoxy) is 1. The van der Waals surface area contributed by atoms with Crippen LogP contribution in [0.25, 0.3) is 32.1 Å². The van der Waals surface area contributed by atoms with Gasteiger partial charge in [0.05, 0.1) is 10.9 Å². The third kappa shape index (κ3) is 3.56. The average Bonchev–Trinajstić information content (AvgIpc) is 3.17. The molecule has 0 N–H and O–H groups in total. The van der Waals surface area contributed by atoms with Crippen LogP contribution in [0.15, 0.2) is 51.7 Å². The van der Waals surface area contributed by atoms with Gasteiger partial charge in [0.15, 0.2) is 5.01 Å². The Morgan fingerprint density at radius 2 is 1.86 bits per heavy atom. The van der Waals surface area contributed by atoms with Gasteiger partial charge in [0.2, 0.25) is 5.43 Å². The molecule has 0 atom stereocenters. The summed E-state index contributed by atoms with van der Waals surface area (Å²) in [7, 11) is 0. The smallest absolute Gasteiger partial charge is 0.308 e. The number of fused-ring (bicyclic) bond motifs is 1. The van der Waals surface area contributed by atoms with Crippen molar-refractivity contribution in [3.05, 3.63) is 64.0 Å². The van der Waals surface area contributed by atoms with Gasteiger partial charge in [0, 0.05) is 18.6 Å². The highest BCUT2D eigenvalue weighted by Gasteiger charge is 2.20. The first kappa shape index (κ1) is 19.0. The van der Waals surface area contributed by atoms with Gasteiger partial charge >= 0.3 is 5.97 Å². The number of rotatable bonds is 4. The molecular formula is C22H18N2O4S. The third-order valence-electron chi connectivity index (χ3n) is 4.54. The summed E-state index contributed by atoms with van der Waals surface area (Å²) in [6.07, 6.45) is 0.609. The van der Waals surface area contributed by atoms with Crippen LogP contribution in [0.4, 0.5) is 0 Å². The molecule has 7 heteroatoms. The second-order valence-electron chi connectivity index (χ2n) is 6.54. The first-order valence-electron chi connectivity index (χ1n) is 9.16. The van der Waals surface area contributed by atoms with E-state index in [1.807, 2.05) is 37.3 Å². The van der Waals surface area contributed by atoms with Crippen molar-refractivity contribution < 1.29 is 13.9 Å². The maximum absolute atomic E-state index is 13.3. The number of carbonyl (C=O) groups is 1. The lowest BCUT2D eigenvalue weighted by Gasteiger charge is -2.10. The Labute approximate surface area is 170 Å². The molecule has 0 radical (unpaired) electrons. The topological polar surface area (TPSA) is 82.3 Å². The van der Waals surface area contributed by atoms with Gasteiger partial charge in [0.25, 0.3) is 0 Å². The number of carbonyl (C=O) groups excluding carboxylic acids is 1. The molecule has 2 heterocycles. The molecule has 4 rings (SSSR count). The van der Waals surface area contributed by atoms with Crippen LogP contribution in [0.5, 0.6) is 5.75 Å². The normalized spacial score (nSPS) is 11.0. The molecule has 0 bridgehead atoms. The zero-order chi connectivity index (χ0) is 20.5. The molecule has 0 fully saturated rings. The highest BCUT2D eigenvalue weighted by molar-refractivity contribution is 7.17. The van der Waals surface area contributed by atoms with Gasteiger partial charge in [-0.2, -0.15) is 0 Å². The van der Waals surface area contributed by atoms with Gasteiger partial charge in [0.1, 0.15) is 22.1 Å². The van der Waals surface area contributed by atoms with E-state index in [9.17, 15) is 9.59 Å². The summed E-state index contributed by atoms with van der Waals surface area (Å²) >= 11 is 1.35. The first-order chi connectivity index (χ1) is 14.0. The number of aryl methyl sites for hydroxylation is 2. The molecule has 0 aliphatic rings. The fourth-order valence-corrected chi connectivity index (χ4v) is 4.11. The Morgan fingerprint density at radius 1 is 1.14 bits per heavy atom. The van der Waals surface area contributed by atoms with E-state index >= 15 is 0 Å². The lowest BCUT2D eigenvalue weighted by Crippen LogP contribution is -2.09. The van der Waals surface area contributed by atoms with Gasteiger partial charge < -0.3 is 9.15 Å². The maximum atomic E-state index is 13.3. The van der Waals surface area contributed by atoms with Gasteiger partial charge in [-0.3, -0.25) is 9.59 Å². The number of hydrogen-bond donors (Lipinski definition) is 0. The molecule has 0 amide bonds. The molecular weight excluding hydrogens is 388 g/mol. The monoisotopic (exact) mass is 406 g/mol. The fourth-order valence-electron chi connectivity index (χ4n) is 3.17. The Balaban J connectivity index is 1.87. The molecule has 2 aromatic carbocycles. The largest absolute Gasteiger partial charge is 0.460 e. The summed E-state index contributed by atoms with van der Waals surface area (Å²) in [5.74, 6) is 0.429. The van der Waals surface area contributed by atoms with Crippen molar-refractivity contribution in [2.75, 3.05) is 0 Å². The first-order valence-corrected chi connectivity index (χ1v) is 9.97. The Bertz CT molecular complexity index is 1280. The lowest BCUT2D eigenvalue weighted by molar-refractivity contribution is -0.131. The van der Waals surface area contributed by atoms with Gasteiger partial charge in [-0.1, -0.05) is 48.6 Å². The van der Waals surface area contributed by atoms with E-state index < -0.39 is 5.97 Å². The van der Waals surface area contributed by atoms with Crippen molar-refractivity contribution >= 4 is 28.3 Å². The summed E-state index contributed by atoms with van der Waals surface area (Å²) in [6.45, 7) is 4.99. The van der Waals surface area contributed by atoms with Crippen LogP contribution in [0, 0.1) is 6.92 Å². The highest BCUT2D eigenvalue weighted by Crippen LogP contribution is 2.33. The lowest BCUT2D eigenvalue weighted by atomic mass is 10.1. The zero-order valence-corrected chi connectivity index (χ0v) is 17.0. The molecule has 29 heavy (non-hydrogen) atoms. The molecule has 0 unspecified atom stereocenters. The van der Waals surface area contributed by atoms with Crippen LogP contribution in [0.3, 0.4) is 0 Å². The number of hydrogen-bond acceptors (Lipinski definition) is 7. The SMILES string of the molecule is CCc1cc2c(=O)c(-c3nnc(-c4ccccc4)s3)c(C)oc2cc1OC(C)=O. The number of esters is 1. The molecule has 6 nitrogen and oxygen atoms in total. The second-order valence-corrected chi connectivity index (χ2v) is 7.52. The fraction of sp³-hybridized carbons (Fsp3) is 0.182. The van der Waals surface area contributed by atoms with Crippen LogP contribution in [0.1, 0.15) is 25.2 Å². The van der Waals surface area contributed by atoms with Gasteiger partial charge in [-0.05, 0) is 25.0 Å². The molecule has 0 saturated heterocycles. The summed E-state index contributed by atoms with van der Waals surface area (Å²) in [5, 5.41) is 10.1. The third-order valence-corrected chi connectivity index (χ3v) is 5.53. The Kier molecular flexibility index (Phi) is 4.98. The van der Waals surface area contributed by atoms with E-state index in [0.29, 0.717) is 39.5 Å². The van der Waals surface area contributed by atoms with Gasteiger partial charge in [-0.25, -0.2) is 0 Å². The molecule has 0 saturated carbocycles. The molecule has 0 aliphatic heterocycles. The van der Waals surface area contributed by atoms with Crippen molar-refractivity contribution in [3.63, 3.8) is 0 Å². The van der Waals surface area contributed by atoms with Crippen molar-refractivity contribution in [1.82, 2.24) is 10.2 Å². The van der Waals surface area contributed by atoms with E-state index in [1.165, 1.54) is 18.3 Å². The van der Waals surface area contributed by atoms with E-state index in [1.54, 1.807) is 19.1 Å². The minimum absolute atomic E-state index is 0.177. The minimum Gasteiger partial charge on any atom is -0.460 e. The molecule has 2 aromatic heterocycles. The van der Waals surface area contributed by atoms with E-state index in [2.05, 4.69) is 10.2 Å². The zero-order valence-electron chi connectivity index (χ0n) is 16.2. The maximum Gasteiger partial charge on any atom is 0.308 e. The van der Waals surface area contributed by atoms with E-state index in [4.69, 9.17) is 9.15 Å². The number of nitrogens with zero attached hydrogens (tertiary/aromatic N) is 2. The predicted molar refractivity (Wildman–Crippen MR) is 112 cm³/mol. The molecule has 4 aromatic rings. The quantitative estimate of drug-likeness (QED) is 0.358. The molecule has 0 spiro atoms. The minimum atomic E-state index is -0.419. The summed E-state index contributed by atoms with van der Waals surface area (Å²) in [4.78, 5) is 24.6. The van der Waals surface area contributed by atoms with Crippen molar-refractivity contribution in [2.24, 2.45) is 0 Å². The summed E-state index contributed by atoms with van der Waals surface area (Å²) < 4.78 is 11.2. The van der Waals surface area contributed by atoms with Crippen LogP contribution < -0.4 is 10.2 Å². The second kappa shape index (κ2) is 7.60. The predicted octanol–water partition coefficient (Wildman–Crippen LogP) is 4.77. The van der Waals surface area contributed by atoms with E-state index in [-0.39, 0.29) is 5.43 Å². The van der Waals surface area contributed by atoms with Crippen molar-refractivity contribution in [2.45, 2.75) is 27.2 Å². The highest BCUT2D eigenvalue weighted by atomic mass is 32.1.